The van der Waals surface area contributed by atoms with Gasteiger partial charge in [-0.25, -0.2) is 52.5 Å². The quantitative estimate of drug-likeness (QED) is 0.0552. The number of hydrogen-bond acceptors (Lipinski definition) is 17. The molecule has 600 valence electrons. The third-order valence-corrected chi connectivity index (χ3v) is 20.7. The molecule has 3 aliphatic carbocycles. The summed E-state index contributed by atoms with van der Waals surface area (Å²) < 4.78 is 76.4. The molecule has 13 rings (SSSR count). The number of aromatic carboxylic acids is 2. The first-order chi connectivity index (χ1) is 52.3. The lowest BCUT2D eigenvalue weighted by atomic mass is 10.0. The van der Waals surface area contributed by atoms with Crippen LogP contribution in [0.25, 0.3) is 22.3 Å². The zero-order chi connectivity index (χ0) is 80.9. The summed E-state index contributed by atoms with van der Waals surface area (Å²) in [4.78, 5) is 106. The van der Waals surface area contributed by atoms with Gasteiger partial charge in [-0.05, 0) is 213 Å². The van der Waals surface area contributed by atoms with Crippen molar-refractivity contribution in [3.05, 3.63) is 196 Å². The largest absolute Gasteiger partial charge is 0.476 e. The summed E-state index contributed by atoms with van der Waals surface area (Å²) in [6, 6.07) is 20.8. The Morgan fingerprint density at radius 3 is 1.16 bits per heavy atom. The van der Waals surface area contributed by atoms with Gasteiger partial charge in [0.25, 0.3) is 17.7 Å². The van der Waals surface area contributed by atoms with Gasteiger partial charge in [-0.2, -0.15) is 17.5 Å². The Kier molecular flexibility index (Phi) is 31.0. The van der Waals surface area contributed by atoms with Gasteiger partial charge in [0, 0.05) is 63.9 Å². The van der Waals surface area contributed by atoms with Crippen molar-refractivity contribution in [2.75, 3.05) is 52.4 Å². The van der Waals surface area contributed by atoms with Gasteiger partial charge in [0.15, 0.2) is 11.4 Å². The van der Waals surface area contributed by atoms with Crippen molar-refractivity contribution in [1.29, 1.82) is 0 Å². The van der Waals surface area contributed by atoms with Gasteiger partial charge in [-0.1, -0.05) is 100.0 Å². The van der Waals surface area contributed by atoms with E-state index in [0.29, 0.717) is 78.3 Å². The maximum atomic E-state index is 13.0. The topological polar surface area (TPSA) is 335 Å². The number of pyridine rings is 5. The van der Waals surface area contributed by atoms with Crippen LogP contribution < -0.4 is 21.3 Å². The number of carbonyl (C=O) groups is 7. The Balaban J connectivity index is 0.000000181. The van der Waals surface area contributed by atoms with Crippen LogP contribution in [0.2, 0.25) is 30.3 Å². The summed E-state index contributed by atoms with van der Waals surface area (Å²) in [6.07, 6.45) is 10.7. The minimum absolute atomic E-state index is 0. The summed E-state index contributed by atoms with van der Waals surface area (Å²) in [5.41, 5.74) is 4.70. The number of amides is 5. The summed E-state index contributed by atoms with van der Waals surface area (Å²) in [7, 11) is -4.10. The Morgan fingerprint density at radius 2 is 0.839 bits per heavy atom. The van der Waals surface area contributed by atoms with Crippen LogP contribution in [0.4, 0.5) is 22.8 Å². The van der Waals surface area contributed by atoms with E-state index in [1.807, 2.05) is 65.8 Å². The molecule has 25 nitrogen and oxygen atoms in total. The zero-order valence-electron chi connectivity index (χ0n) is 61.5. The van der Waals surface area contributed by atoms with E-state index in [9.17, 15) is 55.2 Å². The Morgan fingerprint density at radius 1 is 0.482 bits per heavy atom. The van der Waals surface area contributed by atoms with Crippen molar-refractivity contribution in [2.24, 2.45) is 0 Å². The van der Waals surface area contributed by atoms with Crippen LogP contribution in [0, 0.1) is 0 Å². The van der Waals surface area contributed by atoms with Crippen LogP contribution in [0.5, 0.6) is 0 Å². The zero-order valence-corrected chi connectivity index (χ0v) is 67.7. The molecule has 0 atom stereocenters. The lowest BCUT2D eigenvalue weighted by Gasteiger charge is -2.29. The molecule has 5 amide bonds. The number of halogens is 10. The molecule has 6 N–H and O–H groups in total. The molecule has 3 fully saturated rings. The number of alkyl halides is 3. The third-order valence-electron chi connectivity index (χ3n) is 17.1. The molecule has 7 aliphatic rings. The lowest BCUT2D eigenvalue weighted by molar-refractivity contribution is -0.137. The predicted octanol–water partition coefficient (Wildman–Crippen LogP) is 15.7. The van der Waals surface area contributed by atoms with Crippen molar-refractivity contribution in [2.45, 2.75) is 146 Å². The fourth-order valence-corrected chi connectivity index (χ4v) is 13.4. The number of nitrogens with zero attached hydrogens (tertiary/aromatic N) is 8. The Hall–Kier alpha value is -8.49. The molecule has 5 aromatic heterocycles. The van der Waals surface area contributed by atoms with Crippen molar-refractivity contribution in [1.82, 2.24) is 60.3 Å². The van der Waals surface area contributed by atoms with Gasteiger partial charge in [-0.15, -0.1) is 12.4 Å². The molecular formula is C76H82Cl7F3N12O13S. The van der Waals surface area contributed by atoms with E-state index in [1.54, 1.807) is 46.2 Å². The number of nitrogens with one attached hydrogen (secondary N) is 4. The molecule has 3 saturated carbocycles. The molecule has 0 spiro atoms. The average Bonchev–Trinajstić information content (AvgIpc) is 1.57. The number of carbonyl (C=O) groups excluding carboxylic acids is 5. The number of ether oxygens (including phenoxy) is 2. The second-order valence-electron chi connectivity index (χ2n) is 28.3. The lowest BCUT2D eigenvalue weighted by Crippen LogP contribution is -2.39. The van der Waals surface area contributed by atoms with E-state index in [4.69, 9.17) is 89.3 Å². The summed E-state index contributed by atoms with van der Waals surface area (Å²) in [5, 5.41) is 30.8. The number of hydrogen-bond donors (Lipinski definition) is 6. The van der Waals surface area contributed by atoms with Crippen molar-refractivity contribution in [3.8, 4) is 0 Å². The molecule has 4 aliphatic heterocycles. The normalized spacial score (nSPS) is 16.4. The van der Waals surface area contributed by atoms with Crippen LogP contribution >= 0.6 is 82.0 Å². The summed E-state index contributed by atoms with van der Waals surface area (Å²) in [6.45, 7) is 14.7. The molecular weight excluding hydrogens is 1630 g/mol. The smallest absolute Gasteiger partial charge is 0.416 e. The highest BCUT2D eigenvalue weighted by molar-refractivity contribution is 7.89. The highest BCUT2D eigenvalue weighted by Crippen LogP contribution is 2.35. The second kappa shape index (κ2) is 39.0. The summed E-state index contributed by atoms with van der Waals surface area (Å²) in [5.74, 6) is -3.10. The molecule has 1 aromatic carbocycles. The fourth-order valence-electron chi connectivity index (χ4n) is 10.9. The van der Waals surface area contributed by atoms with Crippen LogP contribution in [-0.2, 0) is 25.7 Å². The minimum Gasteiger partial charge on any atom is -0.476 e. The van der Waals surface area contributed by atoms with Gasteiger partial charge in [0.2, 0.25) is 10.0 Å². The van der Waals surface area contributed by atoms with E-state index in [-0.39, 0.29) is 117 Å². The van der Waals surface area contributed by atoms with Gasteiger partial charge < -0.3 is 50.8 Å². The molecule has 112 heavy (non-hydrogen) atoms. The van der Waals surface area contributed by atoms with Gasteiger partial charge in [0.1, 0.15) is 33.4 Å². The second-order valence-corrected chi connectivity index (χ2v) is 32.6. The molecule has 0 saturated heterocycles. The van der Waals surface area contributed by atoms with E-state index in [0.717, 1.165) is 109 Å². The maximum absolute atomic E-state index is 13.0. The average molecular weight is 1710 g/mol. The van der Waals surface area contributed by atoms with E-state index in [1.165, 1.54) is 23.8 Å². The standard InChI is InChI=1S/C21H19ClF3N3O3S.C19H24ClN3O3.C16H19ClN2O4.C14H16ClN3O.C6H3Cl2NO2.ClH/c22-17-6-7-18(27-19(17)20(29)26-15-4-5-15)13-8-10-28(11-9-13)32(30,31)16-3-1-2-14(12-16)21(23,24)25;1-19(2,3)26-18(25)23-10-8-12(9-11-23)15-7-6-14(20)16(22-15)17(24)21-13-4-5-13;1-16(2,3)23-15(22)19-8-6-10(7-9-19)12-5-4-11(17)13(18-12)14(20)21;15-11-3-4-12(9-5-7-16-8-6-9)18-13(11)14(19)17-10-1-2-10;7-3-1-2-4(8)9-5(3)6(10)11;/h1-3,6-8,12,15H,4-5,9-11H2,(H,26,29);6-8,13H,4-5,9-11H2,1-3H3,(H,21,24);4-6H,7-9H2,1-3H3,(H,20,21);3-5,10,16H,1-2,6-8H2,(H,17,19);1-2H,(H,10,11);1H. The molecule has 6 aromatic rings. The van der Waals surface area contributed by atoms with Crippen molar-refractivity contribution < 1.29 is 74.8 Å². The van der Waals surface area contributed by atoms with Gasteiger partial charge >= 0.3 is 30.3 Å². The van der Waals surface area contributed by atoms with E-state index >= 15 is 0 Å². The van der Waals surface area contributed by atoms with E-state index < -0.39 is 49.8 Å². The van der Waals surface area contributed by atoms with Gasteiger partial charge in [0.05, 0.1) is 58.3 Å². The highest BCUT2D eigenvalue weighted by atomic mass is 35.5. The monoisotopic (exact) mass is 1700 g/mol. The SMILES string of the molecule is CC(C)(C)OC(=O)N1CC=C(c2ccc(Cl)c(C(=O)NC3CC3)n2)CC1.CC(C)(C)OC(=O)N1CC=C(c2ccc(Cl)c(C(=O)O)n2)CC1.Cl.O=C(NC1CC1)c1nc(C2=CCN(S(=O)(=O)c3cccc(C(F)(F)F)c3)CC2)ccc1Cl.O=C(NC1CC1)c1nc(C2=CCNCC2)ccc1Cl.O=C(O)c1nc(Cl)ccc1Cl. The number of benzene rings is 1. The number of carboxylic acids is 2. The van der Waals surface area contributed by atoms with Crippen LogP contribution in [-0.4, -0.2) is 181 Å². The predicted molar refractivity (Wildman–Crippen MR) is 423 cm³/mol. The van der Waals surface area contributed by atoms with Crippen LogP contribution in [0.3, 0.4) is 0 Å². The highest BCUT2D eigenvalue weighted by Gasteiger charge is 2.36. The number of sulfonamides is 1. The number of aromatic nitrogens is 5. The Labute approximate surface area is 681 Å². The summed E-state index contributed by atoms with van der Waals surface area (Å²) >= 11 is 35.1. The molecule has 0 radical (unpaired) electrons. The fraction of sp³-hybridized carbons (Fsp3) is 0.395. The maximum Gasteiger partial charge on any atom is 0.416 e. The number of carboxylic acid groups (broad SMARTS) is 2. The number of rotatable bonds is 14. The first-order valence-electron chi connectivity index (χ1n) is 35.3. The molecule has 0 unspecified atom stereocenters. The third kappa shape index (κ3) is 26.3. The van der Waals surface area contributed by atoms with Crippen molar-refractivity contribution >= 4 is 156 Å². The van der Waals surface area contributed by atoms with Gasteiger partial charge in [-0.3, -0.25) is 14.4 Å². The van der Waals surface area contributed by atoms with E-state index in [2.05, 4.69) is 52.3 Å². The first kappa shape index (κ1) is 89.1. The first-order valence-corrected chi connectivity index (χ1v) is 39.0. The Bertz CT molecular complexity index is 4780. The minimum atomic E-state index is -4.63. The molecule has 36 heteroatoms. The van der Waals surface area contributed by atoms with Crippen LogP contribution in [0.1, 0.15) is 187 Å². The van der Waals surface area contributed by atoms with Crippen LogP contribution in [0.15, 0.2) is 114 Å². The molecule has 0 bridgehead atoms. The van der Waals surface area contributed by atoms with Crippen molar-refractivity contribution in [3.63, 3.8) is 0 Å². The molecule has 9 heterocycles.